The second-order valence-electron chi connectivity index (χ2n) is 6.14. The summed E-state index contributed by atoms with van der Waals surface area (Å²) in [6.07, 6.45) is 7.56. The van der Waals surface area contributed by atoms with E-state index < -0.39 is 0 Å². The van der Waals surface area contributed by atoms with Crippen LogP contribution in [0.1, 0.15) is 37.4 Å². The lowest BCUT2D eigenvalue weighted by Crippen LogP contribution is -2.51. The van der Waals surface area contributed by atoms with Gasteiger partial charge in [0.1, 0.15) is 12.1 Å². The van der Waals surface area contributed by atoms with Crippen LogP contribution in [0.3, 0.4) is 0 Å². The van der Waals surface area contributed by atoms with E-state index in [4.69, 9.17) is 5.73 Å². The summed E-state index contributed by atoms with van der Waals surface area (Å²) in [6, 6.07) is 0.647. The van der Waals surface area contributed by atoms with Crippen molar-refractivity contribution in [1.29, 1.82) is 0 Å². The molecule has 5 heteroatoms. The Balaban J connectivity index is 1.65. The Hall–Kier alpha value is -1.20. The summed E-state index contributed by atoms with van der Waals surface area (Å²) in [5.74, 6) is 1.20. The largest absolute Gasteiger partial charge is 0.354 e. The van der Waals surface area contributed by atoms with Crippen LogP contribution in [-0.2, 0) is 12.8 Å². The van der Waals surface area contributed by atoms with Gasteiger partial charge in [-0.05, 0) is 38.6 Å². The molecule has 1 aliphatic heterocycles. The number of fused-ring (bicyclic) bond motifs is 1. The van der Waals surface area contributed by atoms with Gasteiger partial charge in [0.15, 0.2) is 0 Å². The first-order valence-corrected chi connectivity index (χ1v) is 8.35. The molecule has 0 amide bonds. The Morgan fingerprint density at radius 2 is 2.00 bits per heavy atom. The SMILES string of the molecule is CCC(CCN)N1CCN(c2ncnc3c2CCC3)CC1. The van der Waals surface area contributed by atoms with Gasteiger partial charge < -0.3 is 10.6 Å². The Bertz CT molecular complexity index is 468. The second-order valence-corrected chi connectivity index (χ2v) is 6.14. The minimum atomic E-state index is 0.647. The van der Waals surface area contributed by atoms with Gasteiger partial charge in [0.2, 0.25) is 0 Å². The molecule has 3 rings (SSSR count). The van der Waals surface area contributed by atoms with Crippen LogP contribution in [0.5, 0.6) is 0 Å². The molecule has 0 saturated carbocycles. The van der Waals surface area contributed by atoms with Crippen LogP contribution in [0, 0.1) is 0 Å². The maximum absolute atomic E-state index is 5.74. The van der Waals surface area contributed by atoms with E-state index >= 15 is 0 Å². The maximum atomic E-state index is 5.74. The van der Waals surface area contributed by atoms with Crippen molar-refractivity contribution in [2.75, 3.05) is 37.6 Å². The zero-order valence-electron chi connectivity index (χ0n) is 13.1. The van der Waals surface area contributed by atoms with Crippen molar-refractivity contribution in [2.45, 2.75) is 45.1 Å². The Morgan fingerprint density at radius 3 is 2.71 bits per heavy atom. The van der Waals surface area contributed by atoms with Crippen molar-refractivity contribution < 1.29 is 0 Å². The maximum Gasteiger partial charge on any atom is 0.135 e. The van der Waals surface area contributed by atoms with E-state index in [1.54, 1.807) is 6.33 Å². The summed E-state index contributed by atoms with van der Waals surface area (Å²) in [5.41, 5.74) is 8.42. The summed E-state index contributed by atoms with van der Waals surface area (Å²) in [4.78, 5) is 14.1. The molecule has 2 heterocycles. The summed E-state index contributed by atoms with van der Waals surface area (Å²) in [7, 11) is 0. The fraction of sp³-hybridized carbons (Fsp3) is 0.750. The smallest absolute Gasteiger partial charge is 0.135 e. The van der Waals surface area contributed by atoms with Gasteiger partial charge in [0.25, 0.3) is 0 Å². The molecule has 21 heavy (non-hydrogen) atoms. The number of nitrogens with zero attached hydrogens (tertiary/aromatic N) is 4. The molecule has 0 bridgehead atoms. The lowest BCUT2D eigenvalue weighted by molar-refractivity contribution is 0.173. The average Bonchev–Trinajstić information content (AvgIpc) is 3.01. The van der Waals surface area contributed by atoms with Gasteiger partial charge in [-0.2, -0.15) is 0 Å². The molecular weight excluding hydrogens is 262 g/mol. The minimum absolute atomic E-state index is 0.647. The summed E-state index contributed by atoms with van der Waals surface area (Å²) in [5, 5.41) is 0. The van der Waals surface area contributed by atoms with Gasteiger partial charge >= 0.3 is 0 Å². The molecule has 0 aromatic carbocycles. The first-order valence-electron chi connectivity index (χ1n) is 8.35. The van der Waals surface area contributed by atoms with E-state index in [2.05, 4.69) is 26.7 Å². The normalized spacial score (nSPS) is 20.6. The number of anilines is 1. The fourth-order valence-corrected chi connectivity index (χ4v) is 3.75. The third-order valence-electron chi connectivity index (χ3n) is 4.95. The number of piperazine rings is 1. The number of aromatic nitrogens is 2. The molecule has 1 atom stereocenters. The van der Waals surface area contributed by atoms with E-state index in [-0.39, 0.29) is 0 Å². The molecule has 0 radical (unpaired) electrons. The Morgan fingerprint density at radius 1 is 1.19 bits per heavy atom. The molecule has 2 N–H and O–H groups in total. The number of aryl methyl sites for hydroxylation is 1. The number of hydrogen-bond donors (Lipinski definition) is 1. The number of nitrogens with two attached hydrogens (primary N) is 1. The van der Waals surface area contributed by atoms with E-state index in [1.807, 2.05) is 0 Å². The lowest BCUT2D eigenvalue weighted by Gasteiger charge is -2.40. The zero-order chi connectivity index (χ0) is 14.7. The van der Waals surface area contributed by atoms with Gasteiger partial charge in [-0.1, -0.05) is 6.92 Å². The predicted octanol–water partition coefficient (Wildman–Crippen LogP) is 1.21. The van der Waals surface area contributed by atoms with Crippen LogP contribution in [0.4, 0.5) is 5.82 Å². The lowest BCUT2D eigenvalue weighted by atomic mass is 10.1. The predicted molar refractivity (Wildman–Crippen MR) is 85.6 cm³/mol. The van der Waals surface area contributed by atoms with Crippen LogP contribution in [0.2, 0.25) is 0 Å². The highest BCUT2D eigenvalue weighted by atomic mass is 15.3. The highest BCUT2D eigenvalue weighted by molar-refractivity contribution is 5.50. The third kappa shape index (κ3) is 3.04. The molecule has 1 aromatic heterocycles. The van der Waals surface area contributed by atoms with Crippen LogP contribution < -0.4 is 10.6 Å². The standard InChI is InChI=1S/C16H27N5/c1-2-13(6-7-17)20-8-10-21(11-9-20)16-14-4-3-5-15(14)18-12-19-16/h12-13H,2-11,17H2,1H3. The quantitative estimate of drug-likeness (QED) is 0.883. The molecule has 1 aliphatic carbocycles. The highest BCUT2D eigenvalue weighted by Crippen LogP contribution is 2.28. The zero-order valence-corrected chi connectivity index (χ0v) is 13.1. The first kappa shape index (κ1) is 14.7. The summed E-state index contributed by atoms with van der Waals surface area (Å²) < 4.78 is 0. The fourth-order valence-electron chi connectivity index (χ4n) is 3.75. The third-order valence-corrected chi connectivity index (χ3v) is 4.95. The first-order chi connectivity index (χ1) is 10.3. The number of hydrogen-bond acceptors (Lipinski definition) is 5. The average molecular weight is 289 g/mol. The van der Waals surface area contributed by atoms with E-state index in [1.165, 1.54) is 29.9 Å². The molecule has 116 valence electrons. The topological polar surface area (TPSA) is 58.3 Å². The Labute approximate surface area is 127 Å². The van der Waals surface area contributed by atoms with E-state index in [0.29, 0.717) is 6.04 Å². The van der Waals surface area contributed by atoms with Gasteiger partial charge in [-0.15, -0.1) is 0 Å². The summed E-state index contributed by atoms with van der Waals surface area (Å²) >= 11 is 0. The monoisotopic (exact) mass is 289 g/mol. The molecule has 1 aromatic rings. The van der Waals surface area contributed by atoms with Gasteiger partial charge in [0.05, 0.1) is 0 Å². The molecule has 1 fully saturated rings. The van der Waals surface area contributed by atoms with Crippen LogP contribution in [0.25, 0.3) is 0 Å². The molecule has 1 unspecified atom stereocenters. The van der Waals surface area contributed by atoms with Crippen LogP contribution in [0.15, 0.2) is 6.33 Å². The van der Waals surface area contributed by atoms with Gasteiger partial charge in [-0.3, -0.25) is 4.90 Å². The van der Waals surface area contributed by atoms with Crippen molar-refractivity contribution in [3.63, 3.8) is 0 Å². The van der Waals surface area contributed by atoms with Crippen molar-refractivity contribution in [2.24, 2.45) is 5.73 Å². The minimum Gasteiger partial charge on any atom is -0.354 e. The highest BCUT2D eigenvalue weighted by Gasteiger charge is 2.26. The molecule has 5 nitrogen and oxygen atoms in total. The second kappa shape index (κ2) is 6.71. The van der Waals surface area contributed by atoms with E-state index in [0.717, 1.165) is 52.0 Å². The van der Waals surface area contributed by atoms with Gasteiger partial charge in [0, 0.05) is 43.5 Å². The van der Waals surface area contributed by atoms with Crippen molar-refractivity contribution in [1.82, 2.24) is 14.9 Å². The van der Waals surface area contributed by atoms with Crippen molar-refractivity contribution >= 4 is 5.82 Å². The molecule has 2 aliphatic rings. The molecule has 1 saturated heterocycles. The van der Waals surface area contributed by atoms with Crippen molar-refractivity contribution in [3.8, 4) is 0 Å². The van der Waals surface area contributed by atoms with Crippen molar-refractivity contribution in [3.05, 3.63) is 17.6 Å². The van der Waals surface area contributed by atoms with Gasteiger partial charge in [-0.25, -0.2) is 9.97 Å². The Kier molecular flexibility index (Phi) is 4.70. The number of rotatable bonds is 5. The molecule has 0 spiro atoms. The summed E-state index contributed by atoms with van der Waals surface area (Å²) in [6.45, 7) is 7.45. The van der Waals surface area contributed by atoms with Crippen LogP contribution in [-0.4, -0.2) is 53.6 Å². The van der Waals surface area contributed by atoms with E-state index in [9.17, 15) is 0 Å². The van der Waals surface area contributed by atoms with Crippen LogP contribution >= 0.6 is 0 Å². The molecular formula is C16H27N5.